The SMILES string of the molecule is CCOC(=O)c1cccc(N)c1Oc1cc(F)ccc1Br. The highest BCUT2D eigenvalue weighted by Gasteiger charge is 2.18. The van der Waals surface area contributed by atoms with Crippen molar-refractivity contribution < 1.29 is 18.7 Å². The van der Waals surface area contributed by atoms with Crippen molar-refractivity contribution >= 4 is 27.6 Å². The lowest BCUT2D eigenvalue weighted by Crippen LogP contribution is -2.08. The van der Waals surface area contributed by atoms with Gasteiger partial charge in [0.1, 0.15) is 17.1 Å². The molecule has 6 heteroatoms. The third-order valence-electron chi connectivity index (χ3n) is 2.65. The summed E-state index contributed by atoms with van der Waals surface area (Å²) < 4.78 is 24.4. The number of halogens is 2. The van der Waals surface area contributed by atoms with Gasteiger partial charge in [-0.2, -0.15) is 0 Å². The molecule has 2 aromatic rings. The van der Waals surface area contributed by atoms with Crippen molar-refractivity contribution in [2.45, 2.75) is 6.92 Å². The summed E-state index contributed by atoms with van der Waals surface area (Å²) in [4.78, 5) is 11.9. The Morgan fingerprint density at radius 2 is 2.10 bits per heavy atom. The fraction of sp³-hybridized carbons (Fsp3) is 0.133. The molecule has 0 radical (unpaired) electrons. The minimum Gasteiger partial charge on any atom is -0.462 e. The van der Waals surface area contributed by atoms with Crippen molar-refractivity contribution in [2.75, 3.05) is 12.3 Å². The smallest absolute Gasteiger partial charge is 0.342 e. The predicted molar refractivity (Wildman–Crippen MR) is 81.0 cm³/mol. The third kappa shape index (κ3) is 3.52. The predicted octanol–water partition coefficient (Wildman–Crippen LogP) is 4.14. The maximum absolute atomic E-state index is 13.3. The lowest BCUT2D eigenvalue weighted by molar-refractivity contribution is 0.0523. The van der Waals surface area contributed by atoms with Gasteiger partial charge < -0.3 is 15.2 Å². The number of esters is 1. The van der Waals surface area contributed by atoms with Crippen LogP contribution in [0.5, 0.6) is 11.5 Å². The van der Waals surface area contributed by atoms with E-state index in [1.54, 1.807) is 19.1 Å². The average Bonchev–Trinajstić information content (AvgIpc) is 2.45. The molecule has 0 aromatic heterocycles. The van der Waals surface area contributed by atoms with Crippen LogP contribution in [-0.4, -0.2) is 12.6 Å². The van der Waals surface area contributed by atoms with E-state index in [1.807, 2.05) is 0 Å². The van der Waals surface area contributed by atoms with E-state index in [0.29, 0.717) is 4.47 Å². The second-order valence-electron chi connectivity index (χ2n) is 4.12. The Balaban J connectivity index is 2.43. The van der Waals surface area contributed by atoms with Crippen molar-refractivity contribution in [1.82, 2.24) is 0 Å². The summed E-state index contributed by atoms with van der Waals surface area (Å²) in [5.74, 6) is -0.645. The van der Waals surface area contributed by atoms with Gasteiger partial charge in [-0.3, -0.25) is 0 Å². The quantitative estimate of drug-likeness (QED) is 0.662. The van der Waals surface area contributed by atoms with Gasteiger partial charge in [0.05, 0.1) is 16.8 Å². The average molecular weight is 354 g/mol. The Labute approximate surface area is 129 Å². The van der Waals surface area contributed by atoms with Gasteiger partial charge in [-0.15, -0.1) is 0 Å². The molecule has 4 nitrogen and oxygen atoms in total. The first kappa shape index (κ1) is 15.3. The summed E-state index contributed by atoms with van der Waals surface area (Å²) in [6.45, 7) is 1.94. The second-order valence-corrected chi connectivity index (χ2v) is 4.98. The number of hydrogen-bond donors (Lipinski definition) is 1. The van der Waals surface area contributed by atoms with E-state index in [-0.39, 0.29) is 29.4 Å². The fourth-order valence-corrected chi connectivity index (χ4v) is 2.03. The molecule has 0 saturated carbocycles. The maximum atomic E-state index is 13.3. The molecule has 0 aliphatic carbocycles. The molecule has 0 aliphatic rings. The zero-order valence-electron chi connectivity index (χ0n) is 11.2. The van der Waals surface area contributed by atoms with Crippen molar-refractivity contribution in [3.05, 3.63) is 52.3 Å². The molecule has 110 valence electrons. The van der Waals surface area contributed by atoms with Gasteiger partial charge in [0.2, 0.25) is 0 Å². The van der Waals surface area contributed by atoms with E-state index in [1.165, 1.54) is 24.3 Å². The largest absolute Gasteiger partial charge is 0.462 e. The first-order chi connectivity index (χ1) is 10.0. The van der Waals surface area contributed by atoms with Gasteiger partial charge in [-0.25, -0.2) is 9.18 Å². The number of carbonyl (C=O) groups is 1. The highest BCUT2D eigenvalue weighted by molar-refractivity contribution is 9.10. The van der Waals surface area contributed by atoms with E-state index >= 15 is 0 Å². The van der Waals surface area contributed by atoms with Gasteiger partial charge in [-0.05, 0) is 47.1 Å². The van der Waals surface area contributed by atoms with E-state index in [2.05, 4.69) is 15.9 Å². The molecule has 0 unspecified atom stereocenters. The van der Waals surface area contributed by atoms with Gasteiger partial charge in [0, 0.05) is 6.07 Å². The fourth-order valence-electron chi connectivity index (χ4n) is 1.70. The molecule has 0 amide bonds. The van der Waals surface area contributed by atoms with Crippen molar-refractivity contribution in [2.24, 2.45) is 0 Å². The van der Waals surface area contributed by atoms with Crippen LogP contribution in [0, 0.1) is 5.82 Å². The molecule has 0 saturated heterocycles. The van der Waals surface area contributed by atoms with E-state index in [4.69, 9.17) is 15.2 Å². The third-order valence-corrected chi connectivity index (χ3v) is 3.30. The lowest BCUT2D eigenvalue weighted by atomic mass is 10.1. The number of benzene rings is 2. The summed E-state index contributed by atoms with van der Waals surface area (Å²) in [6, 6.07) is 8.74. The first-order valence-corrected chi connectivity index (χ1v) is 7.00. The summed E-state index contributed by atoms with van der Waals surface area (Å²) in [7, 11) is 0. The monoisotopic (exact) mass is 353 g/mol. The zero-order chi connectivity index (χ0) is 15.4. The molecular formula is C15H13BrFNO3. The van der Waals surface area contributed by atoms with Crippen molar-refractivity contribution in [1.29, 1.82) is 0 Å². The number of hydrogen-bond acceptors (Lipinski definition) is 4. The Hall–Kier alpha value is -2.08. The van der Waals surface area contributed by atoms with E-state index < -0.39 is 11.8 Å². The summed E-state index contributed by atoms with van der Waals surface area (Å²) in [6.07, 6.45) is 0. The van der Waals surface area contributed by atoms with Crippen LogP contribution in [0.25, 0.3) is 0 Å². The highest BCUT2D eigenvalue weighted by atomic mass is 79.9. The van der Waals surface area contributed by atoms with Crippen molar-refractivity contribution in [3.8, 4) is 11.5 Å². The normalized spacial score (nSPS) is 10.2. The van der Waals surface area contributed by atoms with Crippen LogP contribution >= 0.6 is 15.9 Å². The number of nitrogens with two attached hydrogens (primary N) is 1. The summed E-state index contributed by atoms with van der Waals surface area (Å²) >= 11 is 3.26. The molecule has 0 fully saturated rings. The molecule has 0 aliphatic heterocycles. The van der Waals surface area contributed by atoms with Crippen LogP contribution in [0.2, 0.25) is 0 Å². The molecule has 0 spiro atoms. The van der Waals surface area contributed by atoms with Crippen LogP contribution < -0.4 is 10.5 Å². The molecule has 2 N–H and O–H groups in total. The Kier molecular flexibility index (Phi) is 4.80. The minimum atomic E-state index is -0.549. The number of para-hydroxylation sites is 1. The van der Waals surface area contributed by atoms with Gasteiger partial charge in [-0.1, -0.05) is 6.07 Å². The van der Waals surface area contributed by atoms with Crippen LogP contribution in [0.15, 0.2) is 40.9 Å². The molecule has 0 bridgehead atoms. The summed E-state index contributed by atoms with van der Waals surface area (Å²) in [5, 5.41) is 0. The Morgan fingerprint density at radius 3 is 2.81 bits per heavy atom. The van der Waals surface area contributed by atoms with Crippen LogP contribution in [0.3, 0.4) is 0 Å². The first-order valence-electron chi connectivity index (χ1n) is 6.21. The van der Waals surface area contributed by atoms with Crippen LogP contribution in [0.4, 0.5) is 10.1 Å². The molecule has 21 heavy (non-hydrogen) atoms. The number of carbonyl (C=O) groups excluding carboxylic acids is 1. The molecule has 0 atom stereocenters. The standard InChI is InChI=1S/C15H13BrFNO3/c1-2-20-15(19)10-4-3-5-12(18)14(10)21-13-8-9(17)6-7-11(13)16/h3-8H,2,18H2,1H3. The number of anilines is 1. The Morgan fingerprint density at radius 1 is 1.33 bits per heavy atom. The number of nitrogen functional groups attached to an aromatic ring is 1. The van der Waals surface area contributed by atoms with Crippen LogP contribution in [-0.2, 0) is 4.74 Å². The van der Waals surface area contributed by atoms with Gasteiger partial charge in [0.25, 0.3) is 0 Å². The van der Waals surface area contributed by atoms with Crippen LogP contribution in [0.1, 0.15) is 17.3 Å². The highest BCUT2D eigenvalue weighted by Crippen LogP contribution is 2.35. The number of rotatable bonds is 4. The molecule has 0 heterocycles. The zero-order valence-corrected chi connectivity index (χ0v) is 12.8. The minimum absolute atomic E-state index is 0.141. The van der Waals surface area contributed by atoms with E-state index in [9.17, 15) is 9.18 Å². The lowest BCUT2D eigenvalue weighted by Gasteiger charge is -2.13. The van der Waals surface area contributed by atoms with Crippen molar-refractivity contribution in [3.63, 3.8) is 0 Å². The topological polar surface area (TPSA) is 61.5 Å². The maximum Gasteiger partial charge on any atom is 0.342 e. The van der Waals surface area contributed by atoms with Gasteiger partial charge in [0.15, 0.2) is 5.75 Å². The van der Waals surface area contributed by atoms with E-state index in [0.717, 1.165) is 0 Å². The molecule has 2 aromatic carbocycles. The Bertz CT molecular complexity index is 676. The van der Waals surface area contributed by atoms with Gasteiger partial charge >= 0.3 is 5.97 Å². The summed E-state index contributed by atoms with van der Waals surface area (Å²) in [5.41, 5.74) is 6.30. The molecular weight excluding hydrogens is 341 g/mol. The molecule has 2 rings (SSSR count). The second kappa shape index (κ2) is 6.58. The number of ether oxygens (including phenoxy) is 2.